The number of rotatable bonds is 4. The minimum atomic E-state index is -0.677. The Morgan fingerprint density at radius 1 is 1.69 bits per heavy atom. The maximum absolute atomic E-state index is 10.1. The molecule has 3 nitrogen and oxygen atoms in total. The molecule has 1 aliphatic rings. The van der Waals surface area contributed by atoms with Crippen molar-refractivity contribution in [1.29, 1.82) is 0 Å². The highest BCUT2D eigenvalue weighted by molar-refractivity contribution is 4.84. The van der Waals surface area contributed by atoms with Gasteiger partial charge in [-0.1, -0.05) is 6.92 Å². The first-order chi connectivity index (χ1) is 6.06. The van der Waals surface area contributed by atoms with Crippen LogP contribution in [0.2, 0.25) is 0 Å². The maximum Gasteiger partial charge on any atom is 0.0681 e. The summed E-state index contributed by atoms with van der Waals surface area (Å²) < 4.78 is 5.48. The second kappa shape index (κ2) is 4.40. The fourth-order valence-corrected chi connectivity index (χ4v) is 1.72. The van der Waals surface area contributed by atoms with Crippen LogP contribution in [0.15, 0.2) is 0 Å². The van der Waals surface area contributed by atoms with Crippen LogP contribution in [-0.4, -0.2) is 30.0 Å². The molecule has 0 aromatic rings. The lowest BCUT2D eigenvalue weighted by atomic mass is 9.85. The van der Waals surface area contributed by atoms with E-state index in [2.05, 4.69) is 0 Å². The molecule has 0 amide bonds. The van der Waals surface area contributed by atoms with Gasteiger partial charge in [0.25, 0.3) is 0 Å². The molecule has 3 atom stereocenters. The van der Waals surface area contributed by atoms with E-state index in [0.717, 1.165) is 19.4 Å². The van der Waals surface area contributed by atoms with E-state index in [-0.39, 0.29) is 12.0 Å². The molecule has 1 saturated heterocycles. The lowest BCUT2D eigenvalue weighted by Gasteiger charge is -2.31. The zero-order chi connectivity index (χ0) is 9.90. The number of aliphatic hydroxyl groups is 1. The van der Waals surface area contributed by atoms with Crippen LogP contribution in [0.3, 0.4) is 0 Å². The summed E-state index contributed by atoms with van der Waals surface area (Å²) in [5.41, 5.74) is 4.85. The summed E-state index contributed by atoms with van der Waals surface area (Å²) in [5, 5.41) is 10.1. The highest BCUT2D eigenvalue weighted by Gasteiger charge is 2.32. The Morgan fingerprint density at radius 2 is 2.38 bits per heavy atom. The van der Waals surface area contributed by atoms with Gasteiger partial charge in [0.15, 0.2) is 0 Å². The van der Waals surface area contributed by atoms with Gasteiger partial charge in [0.1, 0.15) is 0 Å². The standard InChI is InChI=1S/C10H21NO2/c1-8(7-11)10(2,12)6-9-4-3-5-13-9/h8-9,12H,3-7,11H2,1-2H3. The Balaban J connectivity index is 2.40. The summed E-state index contributed by atoms with van der Waals surface area (Å²) >= 11 is 0. The summed E-state index contributed by atoms with van der Waals surface area (Å²) in [5.74, 6) is 0.136. The summed E-state index contributed by atoms with van der Waals surface area (Å²) in [6.07, 6.45) is 3.15. The second-order valence-corrected chi connectivity index (χ2v) is 4.33. The topological polar surface area (TPSA) is 55.5 Å². The number of hydrogen-bond acceptors (Lipinski definition) is 3. The van der Waals surface area contributed by atoms with Crippen LogP contribution >= 0.6 is 0 Å². The molecule has 0 aromatic heterocycles. The van der Waals surface area contributed by atoms with Gasteiger partial charge >= 0.3 is 0 Å². The molecule has 1 fully saturated rings. The molecule has 1 aliphatic heterocycles. The van der Waals surface area contributed by atoms with Crippen molar-refractivity contribution in [3.05, 3.63) is 0 Å². The van der Waals surface area contributed by atoms with Crippen LogP contribution in [-0.2, 0) is 4.74 Å². The lowest BCUT2D eigenvalue weighted by molar-refractivity contribution is -0.0398. The van der Waals surface area contributed by atoms with Crippen molar-refractivity contribution >= 4 is 0 Å². The van der Waals surface area contributed by atoms with E-state index in [1.807, 2.05) is 13.8 Å². The van der Waals surface area contributed by atoms with Gasteiger partial charge in [-0.3, -0.25) is 0 Å². The Kier molecular flexibility index (Phi) is 3.71. The predicted octanol–water partition coefficient (Wildman–Crippen LogP) is 0.901. The minimum absolute atomic E-state index is 0.136. The zero-order valence-electron chi connectivity index (χ0n) is 8.62. The van der Waals surface area contributed by atoms with Crippen molar-refractivity contribution in [2.24, 2.45) is 11.7 Å². The molecule has 0 bridgehead atoms. The first-order valence-corrected chi connectivity index (χ1v) is 5.10. The second-order valence-electron chi connectivity index (χ2n) is 4.33. The predicted molar refractivity (Wildman–Crippen MR) is 52.4 cm³/mol. The average Bonchev–Trinajstić information content (AvgIpc) is 2.54. The van der Waals surface area contributed by atoms with Crippen LogP contribution in [0.25, 0.3) is 0 Å². The van der Waals surface area contributed by atoms with Gasteiger partial charge in [0.05, 0.1) is 11.7 Å². The van der Waals surface area contributed by atoms with Gasteiger partial charge < -0.3 is 15.6 Å². The molecule has 1 rings (SSSR count). The molecule has 3 N–H and O–H groups in total. The van der Waals surface area contributed by atoms with E-state index >= 15 is 0 Å². The molecule has 0 aromatic carbocycles. The van der Waals surface area contributed by atoms with Gasteiger partial charge in [0.2, 0.25) is 0 Å². The highest BCUT2D eigenvalue weighted by atomic mass is 16.5. The molecule has 13 heavy (non-hydrogen) atoms. The first-order valence-electron chi connectivity index (χ1n) is 5.10. The molecule has 0 aliphatic carbocycles. The largest absolute Gasteiger partial charge is 0.390 e. The molecular formula is C10H21NO2. The third kappa shape index (κ3) is 2.93. The summed E-state index contributed by atoms with van der Waals surface area (Å²) in [6, 6.07) is 0. The van der Waals surface area contributed by atoms with Crippen LogP contribution in [0, 0.1) is 5.92 Å². The monoisotopic (exact) mass is 187 g/mol. The quantitative estimate of drug-likeness (QED) is 0.687. The van der Waals surface area contributed by atoms with Crippen molar-refractivity contribution in [3.63, 3.8) is 0 Å². The third-order valence-electron chi connectivity index (χ3n) is 3.08. The fraction of sp³-hybridized carbons (Fsp3) is 1.00. The molecule has 3 heteroatoms. The zero-order valence-corrected chi connectivity index (χ0v) is 8.62. The molecule has 0 radical (unpaired) electrons. The smallest absolute Gasteiger partial charge is 0.0681 e. The Hall–Kier alpha value is -0.120. The maximum atomic E-state index is 10.1. The van der Waals surface area contributed by atoms with Crippen molar-refractivity contribution in [1.82, 2.24) is 0 Å². The summed E-state index contributed by atoms with van der Waals surface area (Å²) in [4.78, 5) is 0. The van der Waals surface area contributed by atoms with Gasteiger partial charge in [-0.25, -0.2) is 0 Å². The van der Waals surface area contributed by atoms with Crippen LogP contribution in [0.4, 0.5) is 0 Å². The normalized spacial score (nSPS) is 30.0. The summed E-state index contributed by atoms with van der Waals surface area (Å²) in [7, 11) is 0. The van der Waals surface area contributed by atoms with E-state index in [0.29, 0.717) is 13.0 Å². The first kappa shape index (κ1) is 11.0. The molecule has 3 unspecified atom stereocenters. The van der Waals surface area contributed by atoms with Gasteiger partial charge in [0, 0.05) is 13.0 Å². The lowest BCUT2D eigenvalue weighted by Crippen LogP contribution is -2.40. The van der Waals surface area contributed by atoms with Crippen molar-refractivity contribution in [2.75, 3.05) is 13.2 Å². The molecule has 1 heterocycles. The fourth-order valence-electron chi connectivity index (χ4n) is 1.72. The molecular weight excluding hydrogens is 166 g/mol. The Bertz CT molecular complexity index is 153. The van der Waals surface area contributed by atoms with E-state index in [4.69, 9.17) is 10.5 Å². The van der Waals surface area contributed by atoms with Crippen LogP contribution in [0.5, 0.6) is 0 Å². The van der Waals surface area contributed by atoms with E-state index in [9.17, 15) is 5.11 Å². The van der Waals surface area contributed by atoms with Gasteiger partial charge in [-0.15, -0.1) is 0 Å². The number of hydrogen-bond donors (Lipinski definition) is 2. The van der Waals surface area contributed by atoms with E-state index in [1.54, 1.807) is 0 Å². The van der Waals surface area contributed by atoms with Crippen LogP contribution < -0.4 is 5.73 Å². The Morgan fingerprint density at radius 3 is 2.85 bits per heavy atom. The summed E-state index contributed by atoms with van der Waals surface area (Å²) in [6.45, 7) is 5.21. The van der Waals surface area contributed by atoms with E-state index < -0.39 is 5.60 Å². The van der Waals surface area contributed by atoms with Crippen molar-refractivity contribution in [2.45, 2.75) is 44.8 Å². The van der Waals surface area contributed by atoms with Gasteiger partial charge in [-0.2, -0.15) is 0 Å². The molecule has 0 saturated carbocycles. The van der Waals surface area contributed by atoms with Crippen molar-refractivity contribution < 1.29 is 9.84 Å². The van der Waals surface area contributed by atoms with Crippen molar-refractivity contribution in [3.8, 4) is 0 Å². The van der Waals surface area contributed by atoms with Crippen LogP contribution in [0.1, 0.15) is 33.1 Å². The number of nitrogens with two attached hydrogens (primary N) is 1. The average molecular weight is 187 g/mol. The minimum Gasteiger partial charge on any atom is -0.390 e. The highest BCUT2D eigenvalue weighted by Crippen LogP contribution is 2.27. The Labute approximate surface area is 80.3 Å². The van der Waals surface area contributed by atoms with Gasteiger partial charge in [-0.05, 0) is 32.2 Å². The molecule has 78 valence electrons. The number of ether oxygens (including phenoxy) is 1. The molecule has 0 spiro atoms. The van der Waals surface area contributed by atoms with E-state index in [1.165, 1.54) is 0 Å². The third-order valence-corrected chi connectivity index (χ3v) is 3.08. The SMILES string of the molecule is CC(CN)C(C)(O)CC1CCCO1.